The molecule has 0 spiro atoms. The van der Waals surface area contributed by atoms with Crippen molar-refractivity contribution in [1.29, 1.82) is 0 Å². The van der Waals surface area contributed by atoms with Crippen molar-refractivity contribution in [2.75, 3.05) is 19.6 Å². The van der Waals surface area contributed by atoms with E-state index in [0.717, 1.165) is 32.1 Å². The topological polar surface area (TPSA) is 39.7 Å². The molecule has 5 heteroatoms. The van der Waals surface area contributed by atoms with Crippen LogP contribution >= 0.6 is 11.3 Å². The molecule has 0 radical (unpaired) electrons. The fraction of sp³-hybridized carbons (Fsp3) is 0.706. The van der Waals surface area contributed by atoms with Gasteiger partial charge in [-0.05, 0) is 58.6 Å². The molecule has 0 amide bonds. The lowest BCUT2D eigenvalue weighted by Crippen LogP contribution is -2.45. The van der Waals surface area contributed by atoms with Gasteiger partial charge in [-0.1, -0.05) is 0 Å². The maximum absolute atomic E-state index is 4.69. The van der Waals surface area contributed by atoms with E-state index in [-0.39, 0.29) is 0 Å². The van der Waals surface area contributed by atoms with E-state index in [1.165, 1.54) is 10.4 Å². The smallest absolute Gasteiger partial charge is 0.191 e. The van der Waals surface area contributed by atoms with Crippen molar-refractivity contribution in [2.24, 2.45) is 4.99 Å². The lowest BCUT2D eigenvalue weighted by atomic mass is 10.2. The molecule has 0 bridgehead atoms. The first-order chi connectivity index (χ1) is 10.5. The van der Waals surface area contributed by atoms with Crippen molar-refractivity contribution < 1.29 is 0 Å². The Morgan fingerprint density at radius 1 is 1.23 bits per heavy atom. The molecule has 0 aliphatic heterocycles. The maximum atomic E-state index is 4.69. The third-order valence-corrected chi connectivity index (χ3v) is 4.69. The third-order valence-electron chi connectivity index (χ3n) is 3.68. The number of guanidine groups is 1. The van der Waals surface area contributed by atoms with E-state index >= 15 is 0 Å². The zero-order chi connectivity index (χ0) is 16.5. The van der Waals surface area contributed by atoms with Crippen LogP contribution in [-0.2, 0) is 6.54 Å². The molecule has 126 valence electrons. The van der Waals surface area contributed by atoms with Crippen LogP contribution in [0.5, 0.6) is 0 Å². The van der Waals surface area contributed by atoms with Gasteiger partial charge in [0.05, 0.1) is 6.54 Å². The molecule has 1 aromatic heterocycles. The quantitative estimate of drug-likeness (QED) is 0.570. The van der Waals surface area contributed by atoms with E-state index in [4.69, 9.17) is 0 Å². The van der Waals surface area contributed by atoms with Gasteiger partial charge < -0.3 is 10.6 Å². The third kappa shape index (κ3) is 6.36. The molecule has 0 atom stereocenters. The average molecular weight is 325 g/mol. The van der Waals surface area contributed by atoms with Gasteiger partial charge in [0, 0.05) is 36.6 Å². The van der Waals surface area contributed by atoms with Crippen LogP contribution in [0.2, 0.25) is 0 Å². The second kappa shape index (κ2) is 9.85. The van der Waals surface area contributed by atoms with E-state index in [0.29, 0.717) is 12.1 Å². The number of hydrogen-bond donors (Lipinski definition) is 2. The SMILES string of the molecule is CCNC(=NCc1sccc1C)NCCN(C(C)C)C(C)C. The highest BCUT2D eigenvalue weighted by atomic mass is 32.1. The van der Waals surface area contributed by atoms with E-state index in [1.54, 1.807) is 11.3 Å². The number of nitrogens with one attached hydrogen (secondary N) is 2. The highest BCUT2D eigenvalue weighted by molar-refractivity contribution is 7.10. The van der Waals surface area contributed by atoms with Crippen LogP contribution < -0.4 is 10.6 Å². The standard InChI is InChI=1S/C17H32N4S/c1-7-18-17(20-12-16-15(6)8-11-22-16)19-9-10-21(13(2)3)14(4)5/h8,11,13-14H,7,9-10,12H2,1-6H3,(H2,18,19,20). The molecule has 0 aromatic carbocycles. The summed E-state index contributed by atoms with van der Waals surface area (Å²) in [4.78, 5) is 8.51. The summed E-state index contributed by atoms with van der Waals surface area (Å²) in [7, 11) is 0. The van der Waals surface area contributed by atoms with E-state index < -0.39 is 0 Å². The first-order valence-corrected chi connectivity index (χ1v) is 9.14. The second-order valence-corrected chi connectivity index (χ2v) is 7.07. The molecular formula is C17H32N4S. The van der Waals surface area contributed by atoms with Gasteiger partial charge >= 0.3 is 0 Å². The van der Waals surface area contributed by atoms with Crippen LogP contribution in [0.1, 0.15) is 45.1 Å². The number of thiophene rings is 1. The molecule has 1 heterocycles. The van der Waals surface area contributed by atoms with Crippen molar-refractivity contribution in [2.45, 2.75) is 60.2 Å². The van der Waals surface area contributed by atoms with Crippen LogP contribution in [0.15, 0.2) is 16.4 Å². The van der Waals surface area contributed by atoms with Crippen molar-refractivity contribution in [3.63, 3.8) is 0 Å². The Labute approximate surface area is 140 Å². The summed E-state index contributed by atoms with van der Waals surface area (Å²) < 4.78 is 0. The monoisotopic (exact) mass is 324 g/mol. The van der Waals surface area contributed by atoms with Crippen LogP contribution in [0.3, 0.4) is 0 Å². The normalized spacial score (nSPS) is 12.5. The minimum absolute atomic E-state index is 0.565. The summed E-state index contributed by atoms with van der Waals surface area (Å²) in [6.45, 7) is 16.8. The largest absolute Gasteiger partial charge is 0.357 e. The Kier molecular flexibility index (Phi) is 8.49. The van der Waals surface area contributed by atoms with Crippen LogP contribution in [0.4, 0.5) is 0 Å². The van der Waals surface area contributed by atoms with Gasteiger partial charge in [-0.2, -0.15) is 0 Å². The Morgan fingerprint density at radius 2 is 1.91 bits per heavy atom. The molecule has 0 saturated heterocycles. The summed E-state index contributed by atoms with van der Waals surface area (Å²) in [5.41, 5.74) is 1.33. The highest BCUT2D eigenvalue weighted by Crippen LogP contribution is 2.16. The van der Waals surface area contributed by atoms with Crippen molar-refractivity contribution >= 4 is 17.3 Å². The van der Waals surface area contributed by atoms with Crippen molar-refractivity contribution in [3.05, 3.63) is 21.9 Å². The second-order valence-electron chi connectivity index (χ2n) is 6.07. The lowest BCUT2D eigenvalue weighted by Gasteiger charge is -2.30. The molecule has 2 N–H and O–H groups in total. The summed E-state index contributed by atoms with van der Waals surface area (Å²) in [6, 6.07) is 3.28. The van der Waals surface area contributed by atoms with Gasteiger partial charge in [0.2, 0.25) is 0 Å². The van der Waals surface area contributed by atoms with Gasteiger partial charge in [-0.15, -0.1) is 11.3 Å². The molecule has 1 aromatic rings. The van der Waals surface area contributed by atoms with Gasteiger partial charge in [0.25, 0.3) is 0 Å². The number of hydrogen-bond acceptors (Lipinski definition) is 3. The summed E-state index contributed by atoms with van der Waals surface area (Å²) >= 11 is 1.78. The van der Waals surface area contributed by atoms with E-state index in [2.05, 4.69) is 73.5 Å². The van der Waals surface area contributed by atoms with Gasteiger partial charge in [-0.25, -0.2) is 4.99 Å². The Hall–Kier alpha value is -1.07. The molecule has 1 rings (SSSR count). The predicted molar refractivity (Wildman–Crippen MR) is 98.9 cm³/mol. The fourth-order valence-electron chi connectivity index (χ4n) is 2.47. The van der Waals surface area contributed by atoms with Crippen molar-refractivity contribution in [1.82, 2.24) is 15.5 Å². The Morgan fingerprint density at radius 3 is 2.41 bits per heavy atom. The average Bonchev–Trinajstić information content (AvgIpc) is 2.85. The minimum Gasteiger partial charge on any atom is -0.357 e. The van der Waals surface area contributed by atoms with Gasteiger partial charge in [0.1, 0.15) is 0 Å². The van der Waals surface area contributed by atoms with Crippen LogP contribution in [-0.4, -0.2) is 42.6 Å². The number of aryl methyl sites for hydroxylation is 1. The van der Waals surface area contributed by atoms with Gasteiger partial charge in [0.15, 0.2) is 5.96 Å². The molecule has 4 nitrogen and oxygen atoms in total. The van der Waals surface area contributed by atoms with Gasteiger partial charge in [-0.3, -0.25) is 4.90 Å². The van der Waals surface area contributed by atoms with E-state index in [9.17, 15) is 0 Å². The zero-order valence-electron chi connectivity index (χ0n) is 14.9. The Bertz CT molecular complexity index is 443. The van der Waals surface area contributed by atoms with Crippen molar-refractivity contribution in [3.8, 4) is 0 Å². The molecule has 0 unspecified atom stereocenters. The fourth-order valence-corrected chi connectivity index (χ4v) is 3.30. The lowest BCUT2D eigenvalue weighted by molar-refractivity contribution is 0.178. The molecule has 0 aliphatic carbocycles. The summed E-state index contributed by atoms with van der Waals surface area (Å²) in [5, 5.41) is 8.90. The first-order valence-electron chi connectivity index (χ1n) is 8.26. The predicted octanol–water partition coefficient (Wildman–Crippen LogP) is 3.23. The number of nitrogens with zero attached hydrogens (tertiary/aromatic N) is 2. The molecule has 0 fully saturated rings. The van der Waals surface area contributed by atoms with Crippen LogP contribution in [0, 0.1) is 6.92 Å². The maximum Gasteiger partial charge on any atom is 0.191 e. The minimum atomic E-state index is 0.565. The summed E-state index contributed by atoms with van der Waals surface area (Å²) in [6.07, 6.45) is 0. The number of aliphatic imine (C=N–C) groups is 1. The summed E-state index contributed by atoms with van der Waals surface area (Å²) in [5.74, 6) is 0.905. The van der Waals surface area contributed by atoms with Crippen LogP contribution in [0.25, 0.3) is 0 Å². The number of rotatable bonds is 8. The highest BCUT2D eigenvalue weighted by Gasteiger charge is 2.12. The zero-order valence-corrected chi connectivity index (χ0v) is 15.8. The first kappa shape index (κ1) is 19.0. The molecular weight excluding hydrogens is 292 g/mol. The Balaban J connectivity index is 2.51. The molecule has 0 aliphatic rings. The van der Waals surface area contributed by atoms with E-state index in [1.807, 2.05) is 0 Å². The molecule has 0 saturated carbocycles. The molecule has 22 heavy (non-hydrogen) atoms.